The van der Waals surface area contributed by atoms with Crippen LogP contribution in [0.25, 0.3) is 0 Å². The van der Waals surface area contributed by atoms with Crippen LogP contribution in [-0.2, 0) is 0 Å². The Morgan fingerprint density at radius 3 is 1.50 bits per heavy atom. The molecule has 1 aliphatic heterocycles. The summed E-state index contributed by atoms with van der Waals surface area (Å²) < 4.78 is 3.66. The van der Waals surface area contributed by atoms with Crippen molar-refractivity contribution in [3.8, 4) is 0 Å². The summed E-state index contributed by atoms with van der Waals surface area (Å²) in [6.07, 6.45) is 3.83. The number of rotatable bonds is 3. The summed E-state index contributed by atoms with van der Waals surface area (Å²) >= 11 is -2.05. The van der Waals surface area contributed by atoms with Crippen LogP contribution in [0.2, 0.25) is 16.2 Å². The van der Waals surface area contributed by atoms with Crippen molar-refractivity contribution in [2.75, 3.05) is 0 Å². The molecule has 0 fully saturated rings. The van der Waals surface area contributed by atoms with E-state index in [-0.39, 0.29) is 0 Å². The predicted molar refractivity (Wildman–Crippen MR) is 79.7 cm³/mol. The van der Waals surface area contributed by atoms with Crippen molar-refractivity contribution in [3.05, 3.63) is 18.1 Å². The molecule has 1 aliphatic rings. The standard InChI is InChI=1S/C12H21B.2CH3.Sn/c1-6-11(7-2)13(10-5)12(8-3)9-4;;;/h6,8,10H2,1-5H3;2*1H3;. The second-order valence-corrected chi connectivity index (χ2v) is 19.2. The fourth-order valence-electron chi connectivity index (χ4n) is 3.33. The van der Waals surface area contributed by atoms with E-state index >= 15 is 0 Å². The minimum atomic E-state index is -2.05. The van der Waals surface area contributed by atoms with Crippen molar-refractivity contribution in [2.24, 2.45) is 0 Å². The van der Waals surface area contributed by atoms with E-state index in [4.69, 9.17) is 0 Å². The number of hydrogen-bond donors (Lipinski definition) is 0. The van der Waals surface area contributed by atoms with Crippen molar-refractivity contribution in [2.45, 2.75) is 63.7 Å². The molecule has 0 saturated heterocycles. The van der Waals surface area contributed by atoms with Gasteiger partial charge in [0.1, 0.15) is 0 Å². The van der Waals surface area contributed by atoms with Crippen LogP contribution in [0.15, 0.2) is 18.1 Å². The van der Waals surface area contributed by atoms with Crippen molar-refractivity contribution >= 4 is 25.1 Å². The Morgan fingerprint density at radius 1 is 0.875 bits per heavy atom. The Bertz CT molecular complexity index is 307. The van der Waals surface area contributed by atoms with Crippen LogP contribution in [0.1, 0.15) is 47.5 Å². The number of allylic oxidation sites excluding steroid dienone is 4. The van der Waals surface area contributed by atoms with Crippen LogP contribution < -0.4 is 0 Å². The molecule has 0 nitrogen and oxygen atoms in total. The first kappa shape index (κ1) is 14.4. The van der Waals surface area contributed by atoms with E-state index in [1.165, 1.54) is 19.2 Å². The normalized spacial score (nSPS) is 20.8. The SMILES string of the molecule is CCB1C(CC)=[C](C)[Sn]([CH3])([CH3])[C](C)=C1CC. The average molecular weight is 325 g/mol. The van der Waals surface area contributed by atoms with Crippen molar-refractivity contribution in [3.63, 3.8) is 0 Å². The van der Waals surface area contributed by atoms with Gasteiger partial charge in [0, 0.05) is 0 Å². The van der Waals surface area contributed by atoms with Gasteiger partial charge in [-0.2, -0.15) is 0 Å². The van der Waals surface area contributed by atoms with Crippen LogP contribution in [0.3, 0.4) is 0 Å². The maximum atomic E-state index is 2.59. The molecule has 0 N–H and O–H groups in total. The molecule has 0 aromatic rings. The Balaban J connectivity index is 3.36. The van der Waals surface area contributed by atoms with Gasteiger partial charge in [0.05, 0.1) is 0 Å². The Labute approximate surface area is 107 Å². The van der Waals surface area contributed by atoms with E-state index in [0.717, 1.165) is 6.71 Å². The van der Waals surface area contributed by atoms with E-state index in [2.05, 4.69) is 44.5 Å². The van der Waals surface area contributed by atoms with E-state index in [1.807, 2.05) is 7.18 Å². The molecule has 0 aromatic carbocycles. The first-order chi connectivity index (χ1) is 7.41. The first-order valence-electron chi connectivity index (χ1n) is 6.81. The van der Waals surface area contributed by atoms with E-state index in [0.29, 0.717) is 0 Å². The fourth-order valence-corrected chi connectivity index (χ4v) is 11.5. The molecule has 16 heavy (non-hydrogen) atoms. The van der Waals surface area contributed by atoms with Crippen molar-refractivity contribution < 1.29 is 0 Å². The van der Waals surface area contributed by atoms with Crippen LogP contribution in [-0.4, -0.2) is 25.1 Å². The van der Waals surface area contributed by atoms with Gasteiger partial charge >= 0.3 is 107 Å². The van der Waals surface area contributed by atoms with Crippen LogP contribution in [0, 0.1) is 0 Å². The van der Waals surface area contributed by atoms with Crippen LogP contribution in [0.4, 0.5) is 0 Å². The molecule has 90 valence electrons. The van der Waals surface area contributed by atoms with Gasteiger partial charge in [0.25, 0.3) is 0 Å². The Hall–Kier alpha value is 0.344. The van der Waals surface area contributed by atoms with Gasteiger partial charge in [-0.05, 0) is 0 Å². The molecule has 0 aliphatic carbocycles. The summed E-state index contributed by atoms with van der Waals surface area (Å²) in [6.45, 7) is 12.7. The molecule has 2 heteroatoms. The topological polar surface area (TPSA) is 0 Å². The van der Waals surface area contributed by atoms with E-state index in [9.17, 15) is 0 Å². The molecule has 1 rings (SSSR count). The Kier molecular flexibility index (Phi) is 4.80. The molecule has 0 radical (unpaired) electrons. The minimum absolute atomic E-state index is 0.778. The molecule has 0 unspecified atom stereocenters. The zero-order valence-electron chi connectivity index (χ0n) is 12.2. The van der Waals surface area contributed by atoms with Gasteiger partial charge in [-0.1, -0.05) is 0 Å². The molecule has 0 amide bonds. The second-order valence-electron chi connectivity index (χ2n) is 5.59. The molecule has 0 atom stereocenters. The van der Waals surface area contributed by atoms with Crippen molar-refractivity contribution in [1.82, 2.24) is 0 Å². The third-order valence-corrected chi connectivity index (χ3v) is 17.4. The van der Waals surface area contributed by atoms with E-state index < -0.39 is 18.4 Å². The summed E-state index contributed by atoms with van der Waals surface area (Å²) in [6, 6.07) is 0. The van der Waals surface area contributed by atoms with Crippen molar-refractivity contribution in [1.29, 1.82) is 0 Å². The van der Waals surface area contributed by atoms with Gasteiger partial charge in [-0.3, -0.25) is 0 Å². The van der Waals surface area contributed by atoms with Gasteiger partial charge < -0.3 is 0 Å². The molecular weight excluding hydrogens is 298 g/mol. The third-order valence-electron chi connectivity index (χ3n) is 4.85. The monoisotopic (exact) mass is 326 g/mol. The molecule has 0 bridgehead atoms. The predicted octanol–water partition coefficient (Wildman–Crippen LogP) is 4.83. The maximum absolute atomic E-state index is 2.59. The summed E-state index contributed by atoms with van der Waals surface area (Å²) in [7, 11) is 0. The third kappa shape index (κ3) is 2.17. The zero-order valence-corrected chi connectivity index (χ0v) is 15.1. The summed E-state index contributed by atoms with van der Waals surface area (Å²) in [5.74, 6) is 0. The molecule has 0 spiro atoms. The second kappa shape index (κ2) is 5.33. The summed E-state index contributed by atoms with van der Waals surface area (Å²) in [5.41, 5.74) is 3.59. The Morgan fingerprint density at radius 2 is 1.25 bits per heavy atom. The van der Waals surface area contributed by atoms with Crippen LogP contribution in [0.5, 0.6) is 0 Å². The van der Waals surface area contributed by atoms with E-state index in [1.54, 1.807) is 10.9 Å². The van der Waals surface area contributed by atoms with Gasteiger partial charge in [-0.15, -0.1) is 0 Å². The van der Waals surface area contributed by atoms with Gasteiger partial charge in [0.2, 0.25) is 0 Å². The molecule has 0 aromatic heterocycles. The molecule has 0 saturated carbocycles. The summed E-state index contributed by atoms with van der Waals surface area (Å²) in [5, 5.41) is 0. The van der Waals surface area contributed by atoms with Crippen LogP contribution >= 0.6 is 0 Å². The summed E-state index contributed by atoms with van der Waals surface area (Å²) in [4.78, 5) is 5.19. The van der Waals surface area contributed by atoms with Gasteiger partial charge in [-0.25, -0.2) is 0 Å². The number of hydrogen-bond acceptors (Lipinski definition) is 0. The molecular formula is C14H27BSn. The zero-order chi connectivity index (χ0) is 12.5. The van der Waals surface area contributed by atoms with Gasteiger partial charge in [0.15, 0.2) is 0 Å². The fraction of sp³-hybridized carbons (Fsp3) is 0.714. The molecule has 1 heterocycles. The average Bonchev–Trinajstić information content (AvgIpc) is 2.26. The first-order valence-corrected chi connectivity index (χ1v) is 15.4. The quantitative estimate of drug-likeness (QED) is 0.652.